The number of rotatable bonds is 3. The molecule has 1 aliphatic rings. The summed E-state index contributed by atoms with van der Waals surface area (Å²) in [7, 11) is -3.48. The number of hydrogen-bond acceptors (Lipinski definition) is 4. The van der Waals surface area contributed by atoms with Gasteiger partial charge in [-0.3, -0.25) is 4.90 Å². The van der Waals surface area contributed by atoms with E-state index in [0.717, 1.165) is 17.6 Å². The second-order valence-electron chi connectivity index (χ2n) is 5.67. The van der Waals surface area contributed by atoms with Crippen LogP contribution in [-0.4, -0.2) is 49.8 Å². The van der Waals surface area contributed by atoms with E-state index in [2.05, 4.69) is 34.7 Å². The Morgan fingerprint density at radius 2 is 1.76 bits per heavy atom. The third-order valence-electron chi connectivity index (χ3n) is 3.92. The minimum atomic E-state index is -3.48. The van der Waals surface area contributed by atoms with E-state index in [1.54, 1.807) is 23.4 Å². The standard InChI is InChI=1S/C14H22BrN3O2S/c1-10(2)17-4-6-18(7-5-17)21(19,20)14-9-13(16)12(15)8-11(14)3/h8-10H,4-7,16H2,1-3H3. The van der Waals surface area contributed by atoms with Crippen molar-refractivity contribution < 1.29 is 8.42 Å². The predicted molar refractivity (Wildman–Crippen MR) is 88.8 cm³/mol. The van der Waals surface area contributed by atoms with E-state index in [1.807, 2.05) is 0 Å². The summed E-state index contributed by atoms with van der Waals surface area (Å²) in [5, 5.41) is 0. The maximum absolute atomic E-state index is 12.8. The van der Waals surface area contributed by atoms with Gasteiger partial charge in [-0.1, -0.05) is 0 Å². The number of benzene rings is 1. The zero-order valence-electron chi connectivity index (χ0n) is 12.6. The van der Waals surface area contributed by atoms with Gasteiger partial charge >= 0.3 is 0 Å². The van der Waals surface area contributed by atoms with Crippen LogP contribution in [0.2, 0.25) is 0 Å². The van der Waals surface area contributed by atoms with Crippen molar-refractivity contribution in [2.75, 3.05) is 31.9 Å². The molecule has 1 aromatic carbocycles. The van der Waals surface area contributed by atoms with Crippen LogP contribution in [0.15, 0.2) is 21.5 Å². The first-order chi connectivity index (χ1) is 9.73. The van der Waals surface area contributed by atoms with Gasteiger partial charge in [0.1, 0.15) is 0 Å². The molecule has 5 nitrogen and oxygen atoms in total. The van der Waals surface area contributed by atoms with E-state index in [0.29, 0.717) is 35.3 Å². The van der Waals surface area contributed by atoms with Gasteiger partial charge in [-0.05, 0) is 54.4 Å². The minimum absolute atomic E-state index is 0.307. The molecule has 1 aromatic rings. The topological polar surface area (TPSA) is 66.6 Å². The van der Waals surface area contributed by atoms with Crippen LogP contribution >= 0.6 is 15.9 Å². The maximum Gasteiger partial charge on any atom is 0.243 e. The van der Waals surface area contributed by atoms with E-state index in [-0.39, 0.29) is 0 Å². The van der Waals surface area contributed by atoms with Crippen LogP contribution in [-0.2, 0) is 10.0 Å². The van der Waals surface area contributed by atoms with Crippen LogP contribution in [0.3, 0.4) is 0 Å². The molecule has 0 amide bonds. The molecule has 0 aromatic heterocycles. The van der Waals surface area contributed by atoms with Crippen LogP contribution in [0.4, 0.5) is 5.69 Å². The van der Waals surface area contributed by atoms with Gasteiger partial charge in [0.15, 0.2) is 0 Å². The molecule has 0 spiro atoms. The van der Waals surface area contributed by atoms with Gasteiger partial charge in [-0.15, -0.1) is 0 Å². The number of nitrogen functional groups attached to an aromatic ring is 1. The molecule has 0 saturated carbocycles. The summed E-state index contributed by atoms with van der Waals surface area (Å²) < 4.78 is 27.9. The molecule has 1 heterocycles. The van der Waals surface area contributed by atoms with E-state index >= 15 is 0 Å². The SMILES string of the molecule is Cc1cc(Br)c(N)cc1S(=O)(=O)N1CCN(C(C)C)CC1. The van der Waals surface area contributed by atoms with Crippen molar-refractivity contribution in [1.82, 2.24) is 9.21 Å². The van der Waals surface area contributed by atoms with E-state index in [1.165, 1.54) is 0 Å². The van der Waals surface area contributed by atoms with Crippen LogP contribution in [0.25, 0.3) is 0 Å². The average Bonchev–Trinajstić information content (AvgIpc) is 2.42. The summed E-state index contributed by atoms with van der Waals surface area (Å²) in [5.41, 5.74) is 6.99. The fourth-order valence-electron chi connectivity index (χ4n) is 2.55. The summed E-state index contributed by atoms with van der Waals surface area (Å²) in [6, 6.07) is 3.75. The fraction of sp³-hybridized carbons (Fsp3) is 0.571. The van der Waals surface area contributed by atoms with Gasteiger partial charge in [-0.2, -0.15) is 4.31 Å². The highest BCUT2D eigenvalue weighted by molar-refractivity contribution is 9.10. The summed E-state index contributed by atoms with van der Waals surface area (Å²) in [5.74, 6) is 0. The lowest BCUT2D eigenvalue weighted by molar-refractivity contribution is 0.154. The summed E-state index contributed by atoms with van der Waals surface area (Å²) in [6.45, 7) is 8.63. The summed E-state index contributed by atoms with van der Waals surface area (Å²) >= 11 is 3.33. The normalized spacial score (nSPS) is 18.3. The van der Waals surface area contributed by atoms with Gasteiger partial charge < -0.3 is 5.73 Å². The average molecular weight is 376 g/mol. The number of piperazine rings is 1. The third kappa shape index (κ3) is 3.41. The summed E-state index contributed by atoms with van der Waals surface area (Å²) in [4.78, 5) is 2.59. The first-order valence-electron chi connectivity index (χ1n) is 7.03. The number of anilines is 1. The Labute approximate surface area is 135 Å². The number of halogens is 1. The smallest absolute Gasteiger partial charge is 0.243 e. The number of hydrogen-bond donors (Lipinski definition) is 1. The number of aryl methyl sites for hydroxylation is 1. The molecule has 0 radical (unpaired) electrons. The zero-order chi connectivity index (χ0) is 15.8. The Bertz CT molecular complexity index is 623. The Morgan fingerprint density at radius 3 is 2.29 bits per heavy atom. The number of sulfonamides is 1. The van der Waals surface area contributed by atoms with E-state index in [9.17, 15) is 8.42 Å². The Hall–Kier alpha value is -0.630. The molecule has 1 fully saturated rings. The van der Waals surface area contributed by atoms with Gasteiger partial charge in [0.25, 0.3) is 0 Å². The molecule has 0 atom stereocenters. The quantitative estimate of drug-likeness (QED) is 0.820. The molecule has 0 bridgehead atoms. The lowest BCUT2D eigenvalue weighted by Crippen LogP contribution is -2.50. The van der Waals surface area contributed by atoms with E-state index < -0.39 is 10.0 Å². The molecular weight excluding hydrogens is 354 g/mol. The Balaban J connectivity index is 2.26. The van der Waals surface area contributed by atoms with Crippen molar-refractivity contribution in [2.45, 2.75) is 31.7 Å². The molecule has 118 valence electrons. The molecule has 21 heavy (non-hydrogen) atoms. The molecule has 2 rings (SSSR count). The predicted octanol–water partition coefficient (Wildman–Crippen LogP) is 2.05. The first kappa shape index (κ1) is 16.7. The zero-order valence-corrected chi connectivity index (χ0v) is 15.0. The Kier molecular flexibility index (Phi) is 4.97. The highest BCUT2D eigenvalue weighted by atomic mass is 79.9. The molecule has 0 aliphatic carbocycles. The third-order valence-corrected chi connectivity index (χ3v) is 6.64. The van der Waals surface area contributed by atoms with Crippen molar-refractivity contribution in [3.8, 4) is 0 Å². The van der Waals surface area contributed by atoms with Gasteiger partial charge in [0.05, 0.1) is 4.90 Å². The number of nitrogens with zero attached hydrogens (tertiary/aromatic N) is 2. The molecule has 1 saturated heterocycles. The van der Waals surface area contributed by atoms with Gasteiger partial charge in [0, 0.05) is 42.4 Å². The van der Waals surface area contributed by atoms with Crippen molar-refractivity contribution >= 4 is 31.6 Å². The van der Waals surface area contributed by atoms with Crippen molar-refractivity contribution in [2.24, 2.45) is 0 Å². The second kappa shape index (κ2) is 6.24. The highest BCUT2D eigenvalue weighted by Crippen LogP contribution is 2.29. The molecule has 1 aliphatic heterocycles. The molecular formula is C14H22BrN3O2S. The summed E-state index contributed by atoms with van der Waals surface area (Å²) in [6.07, 6.45) is 0. The van der Waals surface area contributed by atoms with Gasteiger partial charge in [0.2, 0.25) is 10.0 Å². The molecule has 2 N–H and O–H groups in total. The van der Waals surface area contributed by atoms with E-state index in [4.69, 9.17) is 5.73 Å². The van der Waals surface area contributed by atoms with Crippen molar-refractivity contribution in [3.63, 3.8) is 0 Å². The van der Waals surface area contributed by atoms with Crippen LogP contribution < -0.4 is 5.73 Å². The lowest BCUT2D eigenvalue weighted by Gasteiger charge is -2.36. The van der Waals surface area contributed by atoms with Crippen molar-refractivity contribution in [3.05, 3.63) is 22.2 Å². The maximum atomic E-state index is 12.8. The van der Waals surface area contributed by atoms with Crippen molar-refractivity contribution in [1.29, 1.82) is 0 Å². The molecule has 7 heteroatoms. The second-order valence-corrected chi connectivity index (χ2v) is 8.43. The molecule has 0 unspecified atom stereocenters. The van der Waals surface area contributed by atoms with Crippen LogP contribution in [0.5, 0.6) is 0 Å². The first-order valence-corrected chi connectivity index (χ1v) is 9.26. The van der Waals surface area contributed by atoms with Crippen LogP contribution in [0, 0.1) is 6.92 Å². The van der Waals surface area contributed by atoms with Gasteiger partial charge in [-0.25, -0.2) is 8.42 Å². The highest BCUT2D eigenvalue weighted by Gasteiger charge is 2.30. The largest absolute Gasteiger partial charge is 0.398 e. The van der Waals surface area contributed by atoms with Crippen LogP contribution in [0.1, 0.15) is 19.4 Å². The Morgan fingerprint density at radius 1 is 1.19 bits per heavy atom. The minimum Gasteiger partial charge on any atom is -0.398 e. The number of nitrogens with two attached hydrogens (primary N) is 1. The lowest BCUT2D eigenvalue weighted by atomic mass is 10.2. The monoisotopic (exact) mass is 375 g/mol. The fourth-order valence-corrected chi connectivity index (χ4v) is 4.67.